The summed E-state index contributed by atoms with van der Waals surface area (Å²) in [7, 11) is 1.85. The standard InChI is InChI=1S/C15H20N6O/c1-9-7-10(2)17-15(16-9)18-12-5-6-21(14(12)22)13-8-11(3)19-20(13)4/h7-8,12H,5-6H2,1-4H3,(H,16,17,18). The monoisotopic (exact) mass is 300 g/mol. The van der Waals surface area contributed by atoms with Gasteiger partial charge in [-0.2, -0.15) is 5.10 Å². The second kappa shape index (κ2) is 5.40. The van der Waals surface area contributed by atoms with Crippen LogP contribution in [-0.4, -0.2) is 38.2 Å². The summed E-state index contributed by atoms with van der Waals surface area (Å²) in [5.41, 5.74) is 2.68. The molecule has 0 aliphatic carbocycles. The van der Waals surface area contributed by atoms with E-state index in [1.165, 1.54) is 0 Å². The minimum absolute atomic E-state index is 0.0331. The van der Waals surface area contributed by atoms with Crippen molar-refractivity contribution < 1.29 is 4.79 Å². The van der Waals surface area contributed by atoms with Gasteiger partial charge in [0.15, 0.2) is 0 Å². The van der Waals surface area contributed by atoms with Crippen LogP contribution in [-0.2, 0) is 11.8 Å². The quantitative estimate of drug-likeness (QED) is 0.926. The molecule has 0 spiro atoms. The summed E-state index contributed by atoms with van der Waals surface area (Å²) in [6, 6.07) is 3.54. The van der Waals surface area contributed by atoms with Crippen molar-refractivity contribution in [2.45, 2.75) is 33.2 Å². The van der Waals surface area contributed by atoms with E-state index in [9.17, 15) is 4.79 Å². The first-order chi connectivity index (χ1) is 10.4. The summed E-state index contributed by atoms with van der Waals surface area (Å²) in [6.45, 7) is 6.42. The highest BCUT2D eigenvalue weighted by Gasteiger charge is 2.34. The van der Waals surface area contributed by atoms with E-state index < -0.39 is 0 Å². The Morgan fingerprint density at radius 1 is 1.14 bits per heavy atom. The number of hydrogen-bond acceptors (Lipinski definition) is 5. The Kier molecular flexibility index (Phi) is 3.56. The molecule has 7 heteroatoms. The molecule has 0 aromatic carbocycles. The molecule has 1 fully saturated rings. The molecular weight excluding hydrogens is 280 g/mol. The highest BCUT2D eigenvalue weighted by Crippen LogP contribution is 2.23. The predicted octanol–water partition coefficient (Wildman–Crippen LogP) is 1.35. The number of anilines is 2. The number of aromatic nitrogens is 4. The zero-order valence-electron chi connectivity index (χ0n) is 13.3. The summed E-state index contributed by atoms with van der Waals surface area (Å²) in [6.07, 6.45) is 0.722. The Balaban J connectivity index is 1.77. The van der Waals surface area contributed by atoms with E-state index >= 15 is 0 Å². The molecule has 2 aromatic rings. The van der Waals surface area contributed by atoms with Crippen molar-refractivity contribution in [3.63, 3.8) is 0 Å². The van der Waals surface area contributed by atoms with Gasteiger partial charge in [0.05, 0.1) is 5.69 Å². The van der Waals surface area contributed by atoms with E-state index in [1.807, 2.05) is 40.0 Å². The molecule has 1 atom stereocenters. The van der Waals surface area contributed by atoms with Gasteiger partial charge in [0.25, 0.3) is 5.91 Å². The smallest absolute Gasteiger partial charge is 0.250 e. The molecule has 22 heavy (non-hydrogen) atoms. The third-order valence-electron chi connectivity index (χ3n) is 3.74. The normalized spacial score (nSPS) is 18.1. The van der Waals surface area contributed by atoms with E-state index in [0.29, 0.717) is 12.5 Å². The minimum atomic E-state index is -0.295. The number of rotatable bonds is 3. The van der Waals surface area contributed by atoms with Crippen LogP contribution < -0.4 is 10.2 Å². The van der Waals surface area contributed by atoms with Crippen molar-refractivity contribution in [2.24, 2.45) is 7.05 Å². The lowest BCUT2D eigenvalue weighted by Gasteiger charge is -2.17. The van der Waals surface area contributed by atoms with Crippen molar-refractivity contribution in [3.05, 3.63) is 29.2 Å². The lowest BCUT2D eigenvalue weighted by atomic mass is 10.2. The van der Waals surface area contributed by atoms with Crippen LogP contribution in [0.5, 0.6) is 0 Å². The maximum atomic E-state index is 12.6. The zero-order valence-corrected chi connectivity index (χ0v) is 13.3. The Hall–Kier alpha value is -2.44. The van der Waals surface area contributed by atoms with Gasteiger partial charge in [-0.1, -0.05) is 0 Å². The third-order valence-corrected chi connectivity index (χ3v) is 3.74. The van der Waals surface area contributed by atoms with Gasteiger partial charge in [0.1, 0.15) is 11.9 Å². The van der Waals surface area contributed by atoms with Crippen LogP contribution in [0.4, 0.5) is 11.8 Å². The fourth-order valence-corrected chi connectivity index (χ4v) is 2.84. The summed E-state index contributed by atoms with van der Waals surface area (Å²) >= 11 is 0. The van der Waals surface area contributed by atoms with Crippen molar-refractivity contribution >= 4 is 17.7 Å². The van der Waals surface area contributed by atoms with Crippen LogP contribution in [0.25, 0.3) is 0 Å². The van der Waals surface area contributed by atoms with Crippen LogP contribution in [0.2, 0.25) is 0 Å². The maximum absolute atomic E-state index is 12.6. The van der Waals surface area contributed by atoms with E-state index in [-0.39, 0.29) is 11.9 Å². The number of carbonyl (C=O) groups is 1. The lowest BCUT2D eigenvalue weighted by Crippen LogP contribution is -2.35. The molecule has 7 nitrogen and oxygen atoms in total. The Labute approximate surface area is 129 Å². The van der Waals surface area contributed by atoms with E-state index in [1.54, 1.807) is 9.58 Å². The molecule has 1 aliphatic heterocycles. The van der Waals surface area contributed by atoms with Gasteiger partial charge in [-0.25, -0.2) is 9.97 Å². The average molecular weight is 300 g/mol. The molecule has 3 heterocycles. The average Bonchev–Trinajstić information content (AvgIpc) is 2.92. The fraction of sp³-hybridized carbons (Fsp3) is 0.467. The molecule has 3 rings (SSSR count). The van der Waals surface area contributed by atoms with E-state index in [4.69, 9.17) is 0 Å². The highest BCUT2D eigenvalue weighted by atomic mass is 16.2. The van der Waals surface area contributed by atoms with E-state index in [0.717, 1.165) is 29.3 Å². The van der Waals surface area contributed by atoms with Crippen LogP contribution >= 0.6 is 0 Å². The van der Waals surface area contributed by atoms with Crippen LogP contribution in [0.1, 0.15) is 23.5 Å². The molecule has 0 radical (unpaired) electrons. The SMILES string of the molecule is Cc1cc(C)nc(NC2CCN(c3cc(C)nn3C)C2=O)n1. The van der Waals surface area contributed by atoms with Gasteiger partial charge in [-0.15, -0.1) is 0 Å². The van der Waals surface area contributed by atoms with Gasteiger partial charge in [-0.3, -0.25) is 14.4 Å². The number of aryl methyl sites for hydroxylation is 4. The van der Waals surface area contributed by atoms with Crippen molar-refractivity contribution in [3.8, 4) is 0 Å². The molecule has 1 N–H and O–H groups in total. The number of nitrogens with one attached hydrogen (secondary N) is 1. The summed E-state index contributed by atoms with van der Waals surface area (Å²) in [5.74, 6) is 1.37. The Bertz CT molecular complexity index is 703. The minimum Gasteiger partial charge on any atom is -0.342 e. The first kappa shape index (κ1) is 14.5. The van der Waals surface area contributed by atoms with E-state index in [2.05, 4.69) is 20.4 Å². The van der Waals surface area contributed by atoms with Gasteiger partial charge in [0.2, 0.25) is 5.95 Å². The number of carbonyl (C=O) groups excluding carboxylic acids is 1. The first-order valence-corrected chi connectivity index (χ1v) is 7.35. The van der Waals surface area contributed by atoms with Crippen molar-refractivity contribution in [1.82, 2.24) is 19.7 Å². The largest absolute Gasteiger partial charge is 0.342 e. The van der Waals surface area contributed by atoms with Crippen LogP contribution in [0, 0.1) is 20.8 Å². The Morgan fingerprint density at radius 2 is 1.82 bits per heavy atom. The summed E-state index contributed by atoms with van der Waals surface area (Å²) in [5, 5.41) is 7.46. The molecule has 2 aromatic heterocycles. The number of nitrogens with zero attached hydrogens (tertiary/aromatic N) is 5. The lowest BCUT2D eigenvalue weighted by molar-refractivity contribution is -0.117. The molecule has 1 saturated heterocycles. The Morgan fingerprint density at radius 3 is 2.41 bits per heavy atom. The van der Waals surface area contributed by atoms with Gasteiger partial charge in [-0.05, 0) is 33.3 Å². The molecule has 116 valence electrons. The highest BCUT2D eigenvalue weighted by molar-refractivity contribution is 6.00. The molecule has 1 aliphatic rings. The van der Waals surface area contributed by atoms with Gasteiger partial charge < -0.3 is 5.32 Å². The summed E-state index contributed by atoms with van der Waals surface area (Å²) in [4.78, 5) is 23.1. The molecule has 0 bridgehead atoms. The van der Waals surface area contributed by atoms with Crippen LogP contribution in [0.15, 0.2) is 12.1 Å². The fourth-order valence-electron chi connectivity index (χ4n) is 2.84. The zero-order chi connectivity index (χ0) is 15.9. The topological polar surface area (TPSA) is 75.9 Å². The summed E-state index contributed by atoms with van der Waals surface area (Å²) < 4.78 is 1.74. The molecular formula is C15H20N6O. The second-order valence-corrected chi connectivity index (χ2v) is 5.72. The second-order valence-electron chi connectivity index (χ2n) is 5.72. The number of amides is 1. The van der Waals surface area contributed by atoms with Gasteiger partial charge in [0, 0.05) is 31.0 Å². The van der Waals surface area contributed by atoms with Gasteiger partial charge >= 0.3 is 0 Å². The number of hydrogen-bond donors (Lipinski definition) is 1. The first-order valence-electron chi connectivity index (χ1n) is 7.35. The van der Waals surface area contributed by atoms with Crippen molar-refractivity contribution in [2.75, 3.05) is 16.8 Å². The third kappa shape index (κ3) is 2.66. The molecule has 0 saturated carbocycles. The molecule has 1 unspecified atom stereocenters. The van der Waals surface area contributed by atoms with Crippen LogP contribution in [0.3, 0.4) is 0 Å². The maximum Gasteiger partial charge on any atom is 0.250 e. The predicted molar refractivity (Wildman–Crippen MR) is 83.8 cm³/mol. The van der Waals surface area contributed by atoms with Crippen molar-refractivity contribution in [1.29, 1.82) is 0 Å². The molecule has 1 amide bonds.